The maximum Gasteiger partial charge on any atom is 0.235 e. The Morgan fingerprint density at radius 2 is 2.06 bits per heavy atom. The number of nitrogens with zero attached hydrogens (tertiary/aromatic N) is 1. The molecule has 1 rings (SSSR count). The van der Waals surface area contributed by atoms with Crippen LogP contribution in [-0.4, -0.2) is 42.1 Å². The Labute approximate surface area is 108 Å². The fourth-order valence-electron chi connectivity index (χ4n) is 2.07. The van der Waals surface area contributed by atoms with Crippen molar-refractivity contribution in [3.8, 4) is 0 Å². The predicted octanol–water partition coefficient (Wildman–Crippen LogP) is 1.33. The van der Waals surface area contributed by atoms with Gasteiger partial charge in [-0.1, -0.05) is 19.1 Å². The standard InChI is InChI=1S/C12H22N2O2S/c1-4-12(2,10(13)17)11(15)14-7-5-9(16-3)6-8-14/h9H,4-8H2,1-3H3,(H2,13,17). The molecule has 98 valence electrons. The van der Waals surface area contributed by atoms with E-state index in [0.29, 0.717) is 11.4 Å². The first kappa shape index (κ1) is 14.4. The smallest absolute Gasteiger partial charge is 0.235 e. The Hall–Kier alpha value is -0.680. The van der Waals surface area contributed by atoms with Gasteiger partial charge in [0, 0.05) is 20.2 Å². The van der Waals surface area contributed by atoms with Crippen molar-refractivity contribution in [2.75, 3.05) is 20.2 Å². The third-order valence-electron chi connectivity index (χ3n) is 3.79. The Balaban J connectivity index is 2.68. The summed E-state index contributed by atoms with van der Waals surface area (Å²) in [4.78, 5) is 14.6. The van der Waals surface area contributed by atoms with Crippen molar-refractivity contribution in [3.63, 3.8) is 0 Å². The largest absolute Gasteiger partial charge is 0.392 e. The normalized spacial score (nSPS) is 21.0. The quantitative estimate of drug-likeness (QED) is 0.773. The highest BCUT2D eigenvalue weighted by Gasteiger charge is 2.38. The molecule has 1 fully saturated rings. The molecule has 1 amide bonds. The summed E-state index contributed by atoms with van der Waals surface area (Å²) in [6, 6.07) is 0. The number of carbonyl (C=O) groups is 1. The van der Waals surface area contributed by atoms with Gasteiger partial charge in [-0.2, -0.15) is 0 Å². The molecule has 1 aliphatic heterocycles. The van der Waals surface area contributed by atoms with Gasteiger partial charge < -0.3 is 15.4 Å². The fraction of sp³-hybridized carbons (Fsp3) is 0.833. The van der Waals surface area contributed by atoms with Gasteiger partial charge in [0.05, 0.1) is 16.5 Å². The molecule has 1 aliphatic rings. The van der Waals surface area contributed by atoms with Gasteiger partial charge in [0.2, 0.25) is 5.91 Å². The number of likely N-dealkylation sites (tertiary alicyclic amines) is 1. The number of piperidine rings is 1. The lowest BCUT2D eigenvalue weighted by atomic mass is 9.85. The van der Waals surface area contributed by atoms with E-state index in [1.54, 1.807) is 7.11 Å². The third kappa shape index (κ3) is 2.96. The number of thiocarbonyl (C=S) groups is 1. The van der Waals surface area contributed by atoms with E-state index in [1.807, 2.05) is 18.7 Å². The van der Waals surface area contributed by atoms with Crippen molar-refractivity contribution in [1.82, 2.24) is 4.90 Å². The lowest BCUT2D eigenvalue weighted by Crippen LogP contribution is -2.51. The van der Waals surface area contributed by atoms with E-state index in [4.69, 9.17) is 22.7 Å². The van der Waals surface area contributed by atoms with Crippen LogP contribution >= 0.6 is 12.2 Å². The SMILES string of the molecule is CCC(C)(C(=O)N1CCC(OC)CC1)C(N)=S. The highest BCUT2D eigenvalue weighted by molar-refractivity contribution is 7.80. The van der Waals surface area contributed by atoms with E-state index in [-0.39, 0.29) is 12.0 Å². The van der Waals surface area contributed by atoms with Crippen LogP contribution in [0.5, 0.6) is 0 Å². The van der Waals surface area contributed by atoms with Crippen LogP contribution in [0.25, 0.3) is 0 Å². The van der Waals surface area contributed by atoms with Gasteiger partial charge in [0.1, 0.15) is 0 Å². The van der Waals surface area contributed by atoms with Gasteiger partial charge >= 0.3 is 0 Å². The Kier molecular flexibility index (Phi) is 4.89. The first-order chi connectivity index (χ1) is 7.95. The molecular weight excluding hydrogens is 236 g/mol. The molecule has 1 unspecified atom stereocenters. The molecule has 0 aliphatic carbocycles. The Morgan fingerprint density at radius 3 is 2.41 bits per heavy atom. The summed E-state index contributed by atoms with van der Waals surface area (Å²) in [5, 5.41) is 0. The minimum absolute atomic E-state index is 0.0575. The van der Waals surface area contributed by atoms with Gasteiger partial charge in [-0.15, -0.1) is 0 Å². The van der Waals surface area contributed by atoms with Gasteiger partial charge in [0.15, 0.2) is 0 Å². The second-order valence-corrected chi connectivity index (χ2v) is 5.22. The van der Waals surface area contributed by atoms with Crippen LogP contribution < -0.4 is 5.73 Å². The number of hydrogen-bond acceptors (Lipinski definition) is 3. The zero-order valence-corrected chi connectivity index (χ0v) is 11.7. The van der Waals surface area contributed by atoms with E-state index in [9.17, 15) is 4.79 Å². The van der Waals surface area contributed by atoms with Crippen LogP contribution in [-0.2, 0) is 9.53 Å². The minimum Gasteiger partial charge on any atom is -0.392 e. The molecule has 0 bridgehead atoms. The van der Waals surface area contributed by atoms with E-state index in [2.05, 4.69) is 0 Å². The number of carbonyl (C=O) groups excluding carboxylic acids is 1. The molecule has 5 heteroatoms. The lowest BCUT2D eigenvalue weighted by Gasteiger charge is -2.37. The molecule has 1 saturated heterocycles. The number of hydrogen-bond donors (Lipinski definition) is 1. The summed E-state index contributed by atoms with van der Waals surface area (Å²) in [5.74, 6) is 0.0575. The van der Waals surface area contributed by atoms with Gasteiger partial charge in [-0.05, 0) is 26.2 Å². The third-order valence-corrected chi connectivity index (χ3v) is 4.24. The van der Waals surface area contributed by atoms with Crippen molar-refractivity contribution in [2.45, 2.75) is 39.2 Å². The molecular formula is C12H22N2O2S. The monoisotopic (exact) mass is 258 g/mol. The second-order valence-electron chi connectivity index (χ2n) is 4.78. The summed E-state index contributed by atoms with van der Waals surface area (Å²) < 4.78 is 5.29. The molecule has 2 N–H and O–H groups in total. The maximum atomic E-state index is 12.4. The van der Waals surface area contributed by atoms with Crippen LogP contribution in [0.15, 0.2) is 0 Å². The predicted molar refractivity (Wildman–Crippen MR) is 71.8 cm³/mol. The van der Waals surface area contributed by atoms with E-state index in [1.165, 1.54) is 0 Å². The van der Waals surface area contributed by atoms with Crippen molar-refractivity contribution < 1.29 is 9.53 Å². The molecule has 0 spiro atoms. The lowest BCUT2D eigenvalue weighted by molar-refractivity contribution is -0.140. The van der Waals surface area contributed by atoms with Crippen LogP contribution in [0.3, 0.4) is 0 Å². The van der Waals surface area contributed by atoms with Crippen LogP contribution in [0.2, 0.25) is 0 Å². The average Bonchev–Trinajstić information content (AvgIpc) is 2.36. The van der Waals surface area contributed by atoms with E-state index < -0.39 is 5.41 Å². The highest BCUT2D eigenvalue weighted by atomic mass is 32.1. The minimum atomic E-state index is -0.699. The number of methoxy groups -OCH3 is 1. The number of ether oxygens (including phenoxy) is 1. The Bertz CT molecular complexity index is 301. The maximum absolute atomic E-state index is 12.4. The summed E-state index contributed by atoms with van der Waals surface area (Å²) in [6.07, 6.45) is 2.70. The van der Waals surface area contributed by atoms with Gasteiger partial charge in [-0.3, -0.25) is 4.79 Å². The topological polar surface area (TPSA) is 55.6 Å². The van der Waals surface area contributed by atoms with E-state index >= 15 is 0 Å². The summed E-state index contributed by atoms with van der Waals surface area (Å²) >= 11 is 5.03. The van der Waals surface area contributed by atoms with Crippen LogP contribution in [0.1, 0.15) is 33.1 Å². The summed E-state index contributed by atoms with van der Waals surface area (Å²) in [7, 11) is 1.72. The van der Waals surface area contributed by atoms with E-state index in [0.717, 1.165) is 25.9 Å². The van der Waals surface area contributed by atoms with Crippen molar-refractivity contribution in [3.05, 3.63) is 0 Å². The fourth-order valence-corrected chi connectivity index (χ4v) is 2.31. The van der Waals surface area contributed by atoms with Crippen molar-refractivity contribution in [1.29, 1.82) is 0 Å². The molecule has 4 nitrogen and oxygen atoms in total. The number of amides is 1. The number of rotatable bonds is 4. The Morgan fingerprint density at radius 1 is 1.53 bits per heavy atom. The number of nitrogens with two attached hydrogens (primary N) is 1. The average molecular weight is 258 g/mol. The van der Waals surface area contributed by atoms with Gasteiger partial charge in [0.25, 0.3) is 0 Å². The molecule has 0 aromatic heterocycles. The molecule has 1 heterocycles. The molecule has 0 radical (unpaired) electrons. The first-order valence-electron chi connectivity index (χ1n) is 6.07. The molecule has 0 saturated carbocycles. The second kappa shape index (κ2) is 5.78. The summed E-state index contributed by atoms with van der Waals surface area (Å²) in [5.41, 5.74) is 5.00. The first-order valence-corrected chi connectivity index (χ1v) is 6.48. The summed E-state index contributed by atoms with van der Waals surface area (Å²) in [6.45, 7) is 5.24. The molecule has 1 atom stereocenters. The zero-order valence-electron chi connectivity index (χ0n) is 10.9. The highest BCUT2D eigenvalue weighted by Crippen LogP contribution is 2.27. The van der Waals surface area contributed by atoms with Crippen LogP contribution in [0, 0.1) is 5.41 Å². The molecule has 0 aromatic rings. The van der Waals surface area contributed by atoms with Crippen molar-refractivity contribution in [2.24, 2.45) is 11.1 Å². The molecule has 17 heavy (non-hydrogen) atoms. The van der Waals surface area contributed by atoms with Gasteiger partial charge in [-0.25, -0.2) is 0 Å². The molecule has 0 aromatic carbocycles. The van der Waals surface area contributed by atoms with Crippen molar-refractivity contribution >= 4 is 23.1 Å². The van der Waals surface area contributed by atoms with Crippen LogP contribution in [0.4, 0.5) is 0 Å². The zero-order chi connectivity index (χ0) is 13.1.